The van der Waals surface area contributed by atoms with Crippen molar-refractivity contribution in [3.63, 3.8) is 0 Å². The fraction of sp³-hybridized carbons (Fsp3) is 0.500. The molecule has 1 saturated heterocycles. The van der Waals surface area contributed by atoms with Crippen molar-refractivity contribution in [2.45, 2.75) is 17.7 Å². The quantitative estimate of drug-likeness (QED) is 0.803. The number of carbonyl (C=O) groups is 1. The molecule has 2 aliphatic heterocycles. The Bertz CT molecular complexity index is 649. The number of hydrogen-bond acceptors (Lipinski definition) is 4. The van der Waals surface area contributed by atoms with Crippen LogP contribution in [0.25, 0.3) is 0 Å². The van der Waals surface area contributed by atoms with Crippen molar-refractivity contribution >= 4 is 15.9 Å². The van der Waals surface area contributed by atoms with E-state index < -0.39 is 10.0 Å². The Hall–Kier alpha value is -1.44. The van der Waals surface area contributed by atoms with Crippen LogP contribution in [0.3, 0.4) is 0 Å². The molecule has 2 heterocycles. The lowest BCUT2D eigenvalue weighted by Gasteiger charge is -2.22. The Balaban J connectivity index is 1.95. The minimum atomic E-state index is -3.53. The second-order valence-corrected chi connectivity index (χ2v) is 7.27. The lowest BCUT2D eigenvalue weighted by atomic mass is 10.0. The highest BCUT2D eigenvalue weighted by atomic mass is 32.2. The van der Waals surface area contributed by atoms with Crippen molar-refractivity contribution in [1.82, 2.24) is 14.9 Å². The molecule has 1 aromatic rings. The topological polar surface area (TPSA) is 78.5 Å². The molecule has 7 heteroatoms. The molecule has 1 fully saturated rings. The molecular weight excluding hydrogens is 290 g/mol. The van der Waals surface area contributed by atoms with Crippen LogP contribution < -0.4 is 10.6 Å². The Morgan fingerprint density at radius 1 is 1.10 bits per heavy atom. The number of nitrogens with zero attached hydrogens (tertiary/aromatic N) is 1. The maximum Gasteiger partial charge on any atom is 0.251 e. The Morgan fingerprint density at radius 2 is 1.95 bits per heavy atom. The van der Waals surface area contributed by atoms with Gasteiger partial charge in [-0.2, -0.15) is 4.31 Å². The molecule has 114 valence electrons. The van der Waals surface area contributed by atoms with Gasteiger partial charge in [-0.1, -0.05) is 6.07 Å². The predicted molar refractivity (Wildman–Crippen MR) is 78.7 cm³/mol. The standard InChI is InChI=1S/C14H19N3O3S/c18-14-13-10-12(3-2-11(13)4-6-16-14)21(19,20)17-8-1-5-15-7-9-17/h2-3,10,15H,1,4-9H2,(H,16,18). The molecule has 2 N–H and O–H groups in total. The molecule has 0 aliphatic carbocycles. The second-order valence-electron chi connectivity index (χ2n) is 5.33. The molecule has 0 atom stereocenters. The number of benzene rings is 1. The van der Waals surface area contributed by atoms with E-state index >= 15 is 0 Å². The first-order valence-electron chi connectivity index (χ1n) is 7.21. The fourth-order valence-corrected chi connectivity index (χ4v) is 4.27. The zero-order valence-electron chi connectivity index (χ0n) is 11.8. The highest BCUT2D eigenvalue weighted by Crippen LogP contribution is 2.22. The van der Waals surface area contributed by atoms with Gasteiger partial charge in [-0.3, -0.25) is 4.79 Å². The number of amides is 1. The van der Waals surface area contributed by atoms with Crippen LogP contribution in [-0.4, -0.2) is 51.4 Å². The first-order chi connectivity index (χ1) is 10.1. The highest BCUT2D eigenvalue weighted by molar-refractivity contribution is 7.89. The van der Waals surface area contributed by atoms with Crippen LogP contribution in [-0.2, 0) is 16.4 Å². The maximum atomic E-state index is 12.7. The highest BCUT2D eigenvalue weighted by Gasteiger charge is 2.27. The van der Waals surface area contributed by atoms with Crippen molar-refractivity contribution in [3.05, 3.63) is 29.3 Å². The van der Waals surface area contributed by atoms with Gasteiger partial charge in [0.25, 0.3) is 5.91 Å². The minimum Gasteiger partial charge on any atom is -0.352 e. The molecule has 0 spiro atoms. The summed E-state index contributed by atoms with van der Waals surface area (Å²) in [6.45, 7) is 3.07. The first kappa shape index (κ1) is 14.5. The molecule has 2 aliphatic rings. The normalized spacial score (nSPS) is 20.5. The third-order valence-corrected chi connectivity index (χ3v) is 5.84. The summed E-state index contributed by atoms with van der Waals surface area (Å²) in [6.07, 6.45) is 1.54. The summed E-state index contributed by atoms with van der Waals surface area (Å²) in [5.41, 5.74) is 1.39. The van der Waals surface area contributed by atoms with Gasteiger partial charge in [-0.15, -0.1) is 0 Å². The van der Waals surface area contributed by atoms with E-state index in [1.54, 1.807) is 12.1 Å². The molecule has 6 nitrogen and oxygen atoms in total. The number of nitrogens with one attached hydrogen (secondary N) is 2. The van der Waals surface area contributed by atoms with Gasteiger partial charge in [-0.25, -0.2) is 8.42 Å². The summed E-state index contributed by atoms with van der Waals surface area (Å²) in [6, 6.07) is 4.89. The maximum absolute atomic E-state index is 12.7. The number of carbonyl (C=O) groups excluding carboxylic acids is 1. The molecule has 3 rings (SSSR count). The van der Waals surface area contributed by atoms with Crippen molar-refractivity contribution in [1.29, 1.82) is 0 Å². The molecule has 21 heavy (non-hydrogen) atoms. The average Bonchev–Trinajstić information content (AvgIpc) is 2.77. The molecule has 0 radical (unpaired) electrons. The van der Waals surface area contributed by atoms with Crippen molar-refractivity contribution < 1.29 is 13.2 Å². The van der Waals surface area contributed by atoms with E-state index in [9.17, 15) is 13.2 Å². The molecule has 0 bridgehead atoms. The zero-order valence-corrected chi connectivity index (χ0v) is 12.6. The van der Waals surface area contributed by atoms with E-state index in [2.05, 4.69) is 10.6 Å². The van der Waals surface area contributed by atoms with E-state index in [-0.39, 0.29) is 10.8 Å². The smallest absolute Gasteiger partial charge is 0.251 e. The van der Waals surface area contributed by atoms with Crippen molar-refractivity contribution in [2.24, 2.45) is 0 Å². The van der Waals surface area contributed by atoms with Gasteiger partial charge in [-0.05, 0) is 37.1 Å². The SMILES string of the molecule is O=C1NCCc2ccc(S(=O)(=O)N3CCCNCC3)cc21. The van der Waals surface area contributed by atoms with Gasteiger partial charge >= 0.3 is 0 Å². The van der Waals surface area contributed by atoms with Crippen LogP contribution in [0.5, 0.6) is 0 Å². The average molecular weight is 309 g/mol. The van der Waals surface area contributed by atoms with Crippen molar-refractivity contribution in [2.75, 3.05) is 32.7 Å². The lowest BCUT2D eigenvalue weighted by Crippen LogP contribution is -2.35. The van der Waals surface area contributed by atoms with Gasteiger partial charge in [0.2, 0.25) is 10.0 Å². The van der Waals surface area contributed by atoms with E-state index in [4.69, 9.17) is 0 Å². The number of rotatable bonds is 2. The van der Waals surface area contributed by atoms with Crippen LogP contribution in [0, 0.1) is 0 Å². The fourth-order valence-electron chi connectivity index (χ4n) is 2.76. The zero-order chi connectivity index (χ0) is 14.9. The largest absolute Gasteiger partial charge is 0.352 e. The van der Waals surface area contributed by atoms with Crippen LogP contribution >= 0.6 is 0 Å². The summed E-state index contributed by atoms with van der Waals surface area (Å²) in [4.78, 5) is 12.1. The monoisotopic (exact) mass is 309 g/mol. The molecule has 0 aromatic heterocycles. The Morgan fingerprint density at radius 3 is 2.81 bits per heavy atom. The molecule has 0 unspecified atom stereocenters. The number of hydrogen-bond donors (Lipinski definition) is 2. The molecular formula is C14H19N3O3S. The number of sulfonamides is 1. The summed E-state index contributed by atoms with van der Waals surface area (Å²) >= 11 is 0. The van der Waals surface area contributed by atoms with Gasteiger partial charge in [0, 0.05) is 31.7 Å². The summed E-state index contributed by atoms with van der Waals surface area (Å²) in [5.74, 6) is -0.189. The third-order valence-electron chi connectivity index (χ3n) is 3.94. The summed E-state index contributed by atoms with van der Waals surface area (Å²) in [7, 11) is -3.53. The molecule has 1 amide bonds. The van der Waals surface area contributed by atoms with Crippen molar-refractivity contribution in [3.8, 4) is 0 Å². The summed E-state index contributed by atoms with van der Waals surface area (Å²) in [5, 5.41) is 5.94. The van der Waals surface area contributed by atoms with Crippen LogP contribution in [0.15, 0.2) is 23.1 Å². The van der Waals surface area contributed by atoms with Gasteiger partial charge in [0.05, 0.1) is 4.90 Å². The van der Waals surface area contributed by atoms with Gasteiger partial charge in [0.1, 0.15) is 0 Å². The van der Waals surface area contributed by atoms with Crippen LogP contribution in [0.1, 0.15) is 22.3 Å². The number of fused-ring (bicyclic) bond motifs is 1. The Kier molecular flexibility index (Phi) is 3.97. The summed E-state index contributed by atoms with van der Waals surface area (Å²) < 4.78 is 26.9. The van der Waals surface area contributed by atoms with E-state index in [0.29, 0.717) is 31.7 Å². The van der Waals surface area contributed by atoms with Gasteiger partial charge in [0.15, 0.2) is 0 Å². The lowest BCUT2D eigenvalue weighted by molar-refractivity contribution is 0.0945. The van der Waals surface area contributed by atoms with E-state index in [1.807, 2.05) is 0 Å². The third kappa shape index (κ3) is 2.81. The first-order valence-corrected chi connectivity index (χ1v) is 8.65. The minimum absolute atomic E-state index is 0.189. The molecule has 1 aromatic carbocycles. The van der Waals surface area contributed by atoms with Crippen LogP contribution in [0.2, 0.25) is 0 Å². The van der Waals surface area contributed by atoms with Crippen LogP contribution in [0.4, 0.5) is 0 Å². The second kappa shape index (κ2) is 5.75. The predicted octanol–water partition coefficient (Wildman–Crippen LogP) is -0.0435. The Labute approximate surface area is 124 Å². The molecule has 0 saturated carbocycles. The van der Waals surface area contributed by atoms with E-state index in [1.165, 1.54) is 10.4 Å². The van der Waals surface area contributed by atoms with E-state index in [0.717, 1.165) is 24.9 Å². The van der Waals surface area contributed by atoms with Gasteiger partial charge < -0.3 is 10.6 Å².